The Morgan fingerprint density at radius 2 is 1.43 bits per heavy atom. The van der Waals surface area contributed by atoms with Crippen molar-refractivity contribution < 1.29 is 72.2 Å². The number of carbonyl (C=O) groups excluding carboxylic acids is 7. The second-order valence-electron chi connectivity index (χ2n) is 20.6. The van der Waals surface area contributed by atoms with Gasteiger partial charge >= 0.3 is 29.8 Å². The van der Waals surface area contributed by atoms with Gasteiger partial charge in [0.15, 0.2) is 17.5 Å². The van der Waals surface area contributed by atoms with Crippen LogP contribution in [0, 0.1) is 16.7 Å². The number of carbonyl (C=O) groups is 7. The second kappa shape index (κ2) is 22.9. The summed E-state index contributed by atoms with van der Waals surface area (Å²) in [5.74, 6) is -7.60. The molecule has 396 valence electrons. The number of aliphatic imine (C=N–C) groups is 1. The minimum atomic E-state index is -2.44. The van der Waals surface area contributed by atoms with Crippen molar-refractivity contribution >= 4 is 47.8 Å². The zero-order chi connectivity index (χ0) is 53.6. The maximum Gasteiger partial charge on any atom is 0.350 e. The average molecular weight is 1020 g/mol. The van der Waals surface area contributed by atoms with Crippen molar-refractivity contribution in [2.75, 3.05) is 13.7 Å². The molecule has 17 nitrogen and oxygen atoms in total. The molecule has 3 aromatic carbocycles. The fraction of sp³-hybridized carbons (Fsp3) is 0.509. The quantitative estimate of drug-likeness (QED) is 0.0371. The van der Waals surface area contributed by atoms with Crippen molar-refractivity contribution in [2.45, 2.75) is 153 Å². The lowest BCUT2D eigenvalue weighted by Crippen LogP contribution is -2.82. The van der Waals surface area contributed by atoms with Gasteiger partial charge in [0.1, 0.15) is 30.0 Å². The monoisotopic (exact) mass is 1020 g/mol. The number of ether oxygens (including phenoxy) is 6. The van der Waals surface area contributed by atoms with Crippen molar-refractivity contribution in [1.29, 1.82) is 0 Å². The SMILES string of the molecule is CN=CCCCCCCCC(=O)O[C@@H](C(=O)O[C@H]1C[C@@]2(O)[C@@H](OC(=O)c3ccccc3)[C@@H]3[C@]4(OC(C)=O)CO[C@@H]4C[C@H](O)[C@@]3(C)C(=O)[C@H](OC(C)=O)C(=C1C)C2(C)C)[C@@H](NC(=O)c1ccccc1)c1ccccc1. The molecule has 17 heteroatoms. The largest absolute Gasteiger partial charge is 0.455 e. The van der Waals surface area contributed by atoms with E-state index >= 15 is 9.59 Å². The highest BCUT2D eigenvalue weighted by molar-refractivity contribution is 5.96. The van der Waals surface area contributed by atoms with Crippen LogP contribution in [0.15, 0.2) is 107 Å². The number of hydrogen-bond acceptors (Lipinski definition) is 16. The molecule has 1 aliphatic heterocycles. The molecule has 3 fully saturated rings. The zero-order valence-corrected chi connectivity index (χ0v) is 43.1. The van der Waals surface area contributed by atoms with E-state index in [9.17, 15) is 34.2 Å². The first kappa shape index (κ1) is 55.2. The van der Waals surface area contributed by atoms with Crippen LogP contribution >= 0.6 is 0 Å². The number of aliphatic hydroxyl groups is 2. The number of rotatable bonds is 19. The van der Waals surface area contributed by atoms with Crippen LogP contribution in [0.4, 0.5) is 0 Å². The van der Waals surface area contributed by atoms with Crippen LogP contribution in [-0.2, 0) is 52.4 Å². The van der Waals surface area contributed by atoms with Crippen LogP contribution < -0.4 is 5.32 Å². The molecular formula is C57H68N2O15. The maximum atomic E-state index is 15.8. The lowest BCUT2D eigenvalue weighted by atomic mass is 9.44. The summed E-state index contributed by atoms with van der Waals surface area (Å²) in [5, 5.41) is 29.1. The molecule has 3 N–H and O–H groups in total. The van der Waals surface area contributed by atoms with Gasteiger partial charge in [0.05, 0.1) is 29.6 Å². The smallest absolute Gasteiger partial charge is 0.350 e. The third-order valence-corrected chi connectivity index (χ3v) is 15.6. The second-order valence-corrected chi connectivity index (χ2v) is 20.6. The van der Waals surface area contributed by atoms with E-state index in [1.54, 1.807) is 107 Å². The Morgan fingerprint density at radius 1 is 0.824 bits per heavy atom. The molecule has 2 bridgehead atoms. The summed E-state index contributed by atoms with van der Waals surface area (Å²) in [6, 6.07) is 23.2. The fourth-order valence-corrected chi connectivity index (χ4v) is 11.7. The van der Waals surface area contributed by atoms with Gasteiger partial charge in [0.25, 0.3) is 5.91 Å². The molecule has 2 saturated carbocycles. The van der Waals surface area contributed by atoms with E-state index in [4.69, 9.17) is 28.4 Å². The summed E-state index contributed by atoms with van der Waals surface area (Å²) in [7, 11) is 1.72. The zero-order valence-electron chi connectivity index (χ0n) is 43.1. The first-order valence-electron chi connectivity index (χ1n) is 25.3. The Balaban J connectivity index is 1.36. The first-order valence-corrected chi connectivity index (χ1v) is 25.3. The predicted molar refractivity (Wildman–Crippen MR) is 268 cm³/mol. The summed E-state index contributed by atoms with van der Waals surface area (Å²) >= 11 is 0. The Hall–Kier alpha value is -6.56. The number of amides is 1. The number of hydrogen-bond donors (Lipinski definition) is 3. The van der Waals surface area contributed by atoms with Gasteiger partial charge in [-0.2, -0.15) is 0 Å². The number of Topliss-reactive ketones (excluding diaryl/α,β-unsaturated/α-hetero) is 1. The van der Waals surface area contributed by atoms with Gasteiger partial charge in [0, 0.05) is 51.1 Å². The molecule has 7 rings (SSSR count). The summed E-state index contributed by atoms with van der Waals surface area (Å²) < 4.78 is 37.1. The van der Waals surface area contributed by atoms with E-state index in [-0.39, 0.29) is 41.7 Å². The Labute approximate surface area is 431 Å². The lowest BCUT2D eigenvalue weighted by molar-refractivity contribution is -0.346. The molecule has 0 unspecified atom stereocenters. The van der Waals surface area contributed by atoms with E-state index < -0.39 is 119 Å². The number of aliphatic hydroxyl groups excluding tert-OH is 1. The number of benzene rings is 3. The topological polar surface area (TPSA) is 240 Å². The predicted octanol–water partition coefficient (Wildman–Crippen LogP) is 6.72. The highest BCUT2D eigenvalue weighted by Gasteiger charge is 2.78. The van der Waals surface area contributed by atoms with Gasteiger partial charge < -0.3 is 48.9 Å². The van der Waals surface area contributed by atoms with Crippen molar-refractivity contribution in [1.82, 2.24) is 5.32 Å². The van der Waals surface area contributed by atoms with Gasteiger partial charge in [-0.3, -0.25) is 24.0 Å². The number of nitrogens with one attached hydrogen (secondary N) is 1. The summed E-state index contributed by atoms with van der Waals surface area (Å²) in [4.78, 5) is 104. The molecule has 0 radical (unpaired) electrons. The lowest BCUT2D eigenvalue weighted by Gasteiger charge is -2.67. The van der Waals surface area contributed by atoms with Crippen LogP contribution in [0.3, 0.4) is 0 Å². The van der Waals surface area contributed by atoms with Gasteiger partial charge in [-0.1, -0.05) is 99.8 Å². The highest BCUT2D eigenvalue weighted by atomic mass is 16.6. The molecule has 0 aromatic heterocycles. The van der Waals surface area contributed by atoms with Crippen LogP contribution in [0.25, 0.3) is 0 Å². The Kier molecular flexibility index (Phi) is 17.1. The molecule has 3 aliphatic carbocycles. The molecule has 1 amide bonds. The number of nitrogens with zero attached hydrogens (tertiary/aromatic N) is 1. The normalized spacial score (nSPS) is 28.6. The van der Waals surface area contributed by atoms with Gasteiger partial charge in [-0.25, -0.2) is 9.59 Å². The van der Waals surface area contributed by atoms with Crippen molar-refractivity contribution in [3.8, 4) is 0 Å². The molecule has 3 aromatic rings. The standard InChI is InChI=1S/C57H68N2O15/c1-34-40(71-53(67)47(72-43(63)29-21-10-8-9-11-22-30-58-7)45(37-23-15-12-16-24-37)59-51(65)38-25-17-13-18-26-38)32-57(68)50(73-52(66)39-27-19-14-20-28-39)48-55(6,41(62)31-42-56(48,33-69-42)74-36(3)61)49(64)46(70-35(2)60)44(34)54(57,4)5/h12-20,23-28,30,40-42,45-48,50,62,68H,8-11,21-22,29,31-33H2,1-7H3,(H,59,65)/t40-,41-,42+,45-,46+,47+,48-,50-,55+,56-,57+/m0/s1. The van der Waals surface area contributed by atoms with E-state index in [2.05, 4.69) is 10.3 Å². The molecule has 1 heterocycles. The third-order valence-electron chi connectivity index (χ3n) is 15.6. The van der Waals surface area contributed by atoms with Gasteiger partial charge in [0.2, 0.25) is 6.10 Å². The molecule has 4 aliphatic rings. The van der Waals surface area contributed by atoms with E-state index in [0.29, 0.717) is 18.4 Å². The molecule has 74 heavy (non-hydrogen) atoms. The van der Waals surface area contributed by atoms with Crippen LogP contribution in [0.1, 0.15) is 132 Å². The van der Waals surface area contributed by atoms with Crippen LogP contribution in [0.5, 0.6) is 0 Å². The molecule has 1 saturated heterocycles. The number of fused-ring (bicyclic) bond motifs is 5. The van der Waals surface area contributed by atoms with E-state index in [1.165, 1.54) is 19.1 Å². The Bertz CT molecular complexity index is 2620. The minimum Gasteiger partial charge on any atom is -0.455 e. The molecule has 0 spiro atoms. The number of ketones is 1. The maximum absolute atomic E-state index is 15.8. The van der Waals surface area contributed by atoms with E-state index in [0.717, 1.165) is 39.5 Å². The minimum absolute atomic E-state index is 0.0158. The molecule has 11 atom stereocenters. The third kappa shape index (κ3) is 10.8. The van der Waals surface area contributed by atoms with E-state index in [1.807, 2.05) is 6.21 Å². The average Bonchev–Trinajstić information content (AvgIpc) is 3.37. The fourth-order valence-electron chi connectivity index (χ4n) is 11.7. The first-order chi connectivity index (χ1) is 35.2. The number of unbranched alkanes of at least 4 members (excludes halogenated alkanes) is 5. The van der Waals surface area contributed by atoms with Crippen LogP contribution in [-0.4, -0.2) is 119 Å². The highest BCUT2D eigenvalue weighted by Crippen LogP contribution is 2.64. The van der Waals surface area contributed by atoms with Crippen molar-refractivity contribution in [2.24, 2.45) is 21.7 Å². The van der Waals surface area contributed by atoms with Gasteiger partial charge in [-0.05, 0) is 80.3 Å². The van der Waals surface area contributed by atoms with Crippen molar-refractivity contribution in [3.05, 3.63) is 119 Å². The van der Waals surface area contributed by atoms with Crippen LogP contribution in [0.2, 0.25) is 0 Å². The molecular weight excluding hydrogens is 953 g/mol. The number of esters is 5. The summed E-state index contributed by atoms with van der Waals surface area (Å²) in [6.07, 6.45) is -4.09. The summed E-state index contributed by atoms with van der Waals surface area (Å²) in [5.41, 5.74) is -7.22. The van der Waals surface area contributed by atoms with Gasteiger partial charge in [-0.15, -0.1) is 0 Å². The summed E-state index contributed by atoms with van der Waals surface area (Å²) in [6.45, 7) is 8.01. The Morgan fingerprint density at radius 3 is 2.03 bits per heavy atom. The van der Waals surface area contributed by atoms with Crippen molar-refractivity contribution in [3.63, 3.8) is 0 Å².